The molecule has 0 spiro atoms. The van der Waals surface area contributed by atoms with E-state index in [2.05, 4.69) is 10.3 Å². The molecule has 1 amide bonds. The van der Waals surface area contributed by atoms with Gasteiger partial charge in [0, 0.05) is 29.1 Å². The van der Waals surface area contributed by atoms with E-state index in [0.717, 1.165) is 46.9 Å². The molecular formula is C27H26N2O6. The predicted molar refractivity (Wildman–Crippen MR) is 131 cm³/mol. The number of carbonyl (C=O) groups is 2. The number of ether oxygens (including phenoxy) is 1. The fourth-order valence-electron chi connectivity index (χ4n) is 4.88. The monoisotopic (exact) mass is 474 g/mol. The number of aliphatic carboxylic acids is 1. The fourth-order valence-corrected chi connectivity index (χ4v) is 4.88. The van der Waals surface area contributed by atoms with Crippen molar-refractivity contribution in [2.24, 2.45) is 0 Å². The maximum Gasteiger partial charge on any atom is 0.339 e. The maximum atomic E-state index is 12.7. The van der Waals surface area contributed by atoms with Gasteiger partial charge in [-0.1, -0.05) is 18.2 Å². The van der Waals surface area contributed by atoms with Crippen LogP contribution in [-0.2, 0) is 28.9 Å². The van der Waals surface area contributed by atoms with Gasteiger partial charge in [-0.05, 0) is 67.5 Å². The molecule has 0 fully saturated rings. The van der Waals surface area contributed by atoms with E-state index in [9.17, 15) is 19.5 Å². The number of H-pyrrole nitrogens is 1. The molecule has 2 aromatic heterocycles. The molecule has 1 aliphatic carbocycles. The van der Waals surface area contributed by atoms with E-state index < -0.39 is 17.9 Å². The van der Waals surface area contributed by atoms with Gasteiger partial charge in [-0.25, -0.2) is 9.59 Å². The topological polar surface area (TPSA) is 122 Å². The zero-order valence-electron chi connectivity index (χ0n) is 19.3. The number of aryl methyl sites for hydroxylation is 2. The van der Waals surface area contributed by atoms with Crippen LogP contribution in [0.15, 0.2) is 51.8 Å². The summed E-state index contributed by atoms with van der Waals surface area (Å²) in [6.07, 6.45) is 5.20. The standard InChI is InChI=1S/C27H26N2O6/c1-15-10-22(25-18-7-2-3-8-19(18)27(33)35-23(25)11-15)34-14-24(30)29-21(26(31)32)12-16-13-28-20-9-5-4-6-17(16)20/h4-6,9-11,13,21,28H,2-3,7-8,12,14H2,1H3,(H,29,30)(H,31,32). The van der Waals surface area contributed by atoms with Crippen molar-refractivity contribution in [2.75, 3.05) is 6.61 Å². The molecule has 2 aromatic carbocycles. The number of hydrogen-bond acceptors (Lipinski definition) is 5. The van der Waals surface area contributed by atoms with Gasteiger partial charge in [0.1, 0.15) is 17.4 Å². The highest BCUT2D eigenvalue weighted by atomic mass is 16.5. The Morgan fingerprint density at radius 2 is 1.94 bits per heavy atom. The molecule has 0 bridgehead atoms. The second kappa shape index (κ2) is 9.29. The summed E-state index contributed by atoms with van der Waals surface area (Å²) in [6, 6.07) is 10.1. The third kappa shape index (κ3) is 4.51. The van der Waals surface area contributed by atoms with E-state index in [1.54, 1.807) is 12.3 Å². The van der Waals surface area contributed by atoms with Crippen molar-refractivity contribution in [1.29, 1.82) is 0 Å². The first-order chi connectivity index (χ1) is 16.9. The van der Waals surface area contributed by atoms with Crippen LogP contribution in [0, 0.1) is 6.92 Å². The van der Waals surface area contributed by atoms with Gasteiger partial charge in [0.2, 0.25) is 0 Å². The number of para-hydroxylation sites is 1. The Kier molecular flexibility index (Phi) is 6.03. The van der Waals surface area contributed by atoms with Gasteiger partial charge in [0.25, 0.3) is 5.91 Å². The Hall–Kier alpha value is -4.07. The smallest absolute Gasteiger partial charge is 0.339 e. The van der Waals surface area contributed by atoms with Crippen molar-refractivity contribution in [3.05, 3.63) is 75.3 Å². The lowest BCUT2D eigenvalue weighted by Crippen LogP contribution is -2.44. The van der Waals surface area contributed by atoms with Crippen LogP contribution in [0.25, 0.3) is 21.9 Å². The zero-order chi connectivity index (χ0) is 24.5. The molecular weight excluding hydrogens is 448 g/mol. The molecule has 5 rings (SSSR count). The number of benzene rings is 2. The minimum Gasteiger partial charge on any atom is -0.483 e. The van der Waals surface area contributed by atoms with E-state index in [4.69, 9.17) is 9.15 Å². The quantitative estimate of drug-likeness (QED) is 0.352. The van der Waals surface area contributed by atoms with Crippen LogP contribution in [0.1, 0.15) is 35.1 Å². The lowest BCUT2D eigenvalue weighted by molar-refractivity contribution is -0.142. The van der Waals surface area contributed by atoms with Gasteiger partial charge in [0.15, 0.2) is 6.61 Å². The molecule has 0 aliphatic heterocycles. The summed E-state index contributed by atoms with van der Waals surface area (Å²) in [5.74, 6) is -1.21. The first-order valence-electron chi connectivity index (χ1n) is 11.7. The number of carboxylic acid groups (broad SMARTS) is 1. The van der Waals surface area contributed by atoms with Gasteiger partial charge in [-0.2, -0.15) is 0 Å². The summed E-state index contributed by atoms with van der Waals surface area (Å²) < 4.78 is 11.4. The van der Waals surface area contributed by atoms with E-state index in [1.807, 2.05) is 37.3 Å². The van der Waals surface area contributed by atoms with Crippen LogP contribution >= 0.6 is 0 Å². The van der Waals surface area contributed by atoms with Gasteiger partial charge >= 0.3 is 11.6 Å². The normalized spacial score (nSPS) is 14.0. The van der Waals surface area contributed by atoms with Gasteiger partial charge in [0.05, 0.1) is 5.39 Å². The van der Waals surface area contributed by atoms with Crippen LogP contribution in [0.3, 0.4) is 0 Å². The molecule has 8 heteroatoms. The number of nitrogens with one attached hydrogen (secondary N) is 2. The van der Waals surface area contributed by atoms with Crippen molar-refractivity contribution >= 4 is 33.7 Å². The van der Waals surface area contributed by atoms with Crippen LogP contribution in [-0.4, -0.2) is 34.6 Å². The molecule has 180 valence electrons. The van der Waals surface area contributed by atoms with E-state index >= 15 is 0 Å². The summed E-state index contributed by atoms with van der Waals surface area (Å²) in [6.45, 7) is 1.50. The van der Waals surface area contributed by atoms with Crippen molar-refractivity contribution in [3.63, 3.8) is 0 Å². The van der Waals surface area contributed by atoms with Gasteiger partial charge in [-0.15, -0.1) is 0 Å². The maximum absolute atomic E-state index is 12.7. The van der Waals surface area contributed by atoms with Gasteiger partial charge < -0.3 is 24.6 Å². The lowest BCUT2D eigenvalue weighted by Gasteiger charge is -2.19. The van der Waals surface area contributed by atoms with Crippen molar-refractivity contribution in [1.82, 2.24) is 10.3 Å². The molecule has 1 aliphatic rings. The first kappa shape index (κ1) is 22.7. The van der Waals surface area contributed by atoms with Crippen molar-refractivity contribution < 1.29 is 23.8 Å². The number of fused-ring (bicyclic) bond motifs is 4. The molecule has 35 heavy (non-hydrogen) atoms. The summed E-state index contributed by atoms with van der Waals surface area (Å²) in [7, 11) is 0. The second-order valence-corrected chi connectivity index (χ2v) is 9.00. The predicted octanol–water partition coefficient (Wildman–Crippen LogP) is 3.65. The summed E-state index contributed by atoms with van der Waals surface area (Å²) in [4.78, 5) is 40.1. The van der Waals surface area contributed by atoms with Crippen LogP contribution in [0.2, 0.25) is 0 Å². The van der Waals surface area contributed by atoms with Crippen molar-refractivity contribution in [2.45, 2.75) is 45.1 Å². The highest BCUT2D eigenvalue weighted by Crippen LogP contribution is 2.34. The Morgan fingerprint density at radius 3 is 2.74 bits per heavy atom. The number of hydrogen-bond donors (Lipinski definition) is 3. The van der Waals surface area contributed by atoms with Crippen molar-refractivity contribution in [3.8, 4) is 5.75 Å². The third-order valence-electron chi connectivity index (χ3n) is 6.52. The van der Waals surface area contributed by atoms with Crippen LogP contribution < -0.4 is 15.7 Å². The molecule has 3 N–H and O–H groups in total. The molecule has 8 nitrogen and oxygen atoms in total. The van der Waals surface area contributed by atoms with Crippen LogP contribution in [0.4, 0.5) is 0 Å². The third-order valence-corrected chi connectivity index (χ3v) is 6.52. The minimum atomic E-state index is -1.12. The van der Waals surface area contributed by atoms with Crippen LogP contribution in [0.5, 0.6) is 5.75 Å². The Balaban J connectivity index is 1.35. The number of amides is 1. The highest BCUT2D eigenvalue weighted by Gasteiger charge is 2.24. The Labute approximate surface area is 200 Å². The number of aromatic nitrogens is 1. The summed E-state index contributed by atoms with van der Waals surface area (Å²) >= 11 is 0. The number of carbonyl (C=O) groups excluding carboxylic acids is 1. The molecule has 2 heterocycles. The molecule has 4 aromatic rings. The number of rotatable bonds is 7. The van der Waals surface area contributed by atoms with E-state index in [-0.39, 0.29) is 18.7 Å². The molecule has 0 saturated heterocycles. The molecule has 1 atom stereocenters. The van der Waals surface area contributed by atoms with E-state index in [1.165, 1.54) is 0 Å². The average Bonchev–Trinajstić information content (AvgIpc) is 3.25. The lowest BCUT2D eigenvalue weighted by atomic mass is 9.90. The SMILES string of the molecule is Cc1cc(OCC(=O)NC(Cc2c[nH]c3ccccc23)C(=O)O)c2c3c(c(=O)oc2c1)CCCC3. The number of carboxylic acids is 1. The molecule has 0 saturated carbocycles. The zero-order valence-corrected chi connectivity index (χ0v) is 19.3. The van der Waals surface area contributed by atoms with Gasteiger partial charge in [-0.3, -0.25) is 4.79 Å². The van der Waals surface area contributed by atoms with E-state index in [0.29, 0.717) is 28.7 Å². The molecule has 0 radical (unpaired) electrons. The second-order valence-electron chi connectivity index (χ2n) is 9.00. The molecule has 1 unspecified atom stereocenters. The summed E-state index contributed by atoms with van der Waals surface area (Å²) in [5, 5.41) is 13.9. The Bertz CT molecular complexity index is 1500. The summed E-state index contributed by atoms with van der Waals surface area (Å²) in [5.41, 5.74) is 4.25. The minimum absolute atomic E-state index is 0.136. The Morgan fingerprint density at radius 1 is 1.17 bits per heavy atom. The first-order valence-corrected chi connectivity index (χ1v) is 11.7. The average molecular weight is 475 g/mol. The largest absolute Gasteiger partial charge is 0.483 e. The number of aromatic amines is 1. The fraction of sp³-hybridized carbons (Fsp3) is 0.296. The highest BCUT2D eigenvalue weighted by molar-refractivity contribution is 5.90.